The van der Waals surface area contributed by atoms with E-state index < -0.39 is 21.8 Å². The van der Waals surface area contributed by atoms with Crippen LogP contribution >= 0.6 is 0 Å². The van der Waals surface area contributed by atoms with E-state index in [1.54, 1.807) is 30.6 Å². The Bertz CT molecular complexity index is 900. The molecule has 1 aliphatic heterocycles. The third-order valence-electron chi connectivity index (χ3n) is 4.65. The van der Waals surface area contributed by atoms with Crippen molar-refractivity contribution in [3.63, 3.8) is 0 Å². The van der Waals surface area contributed by atoms with Gasteiger partial charge in [-0.3, -0.25) is 4.79 Å². The summed E-state index contributed by atoms with van der Waals surface area (Å²) in [5, 5.41) is 0. The molecule has 0 aliphatic carbocycles. The zero-order chi connectivity index (χ0) is 18.7. The Labute approximate surface area is 153 Å². The van der Waals surface area contributed by atoms with Gasteiger partial charge in [0.2, 0.25) is 11.9 Å². The van der Waals surface area contributed by atoms with E-state index in [0.29, 0.717) is 18.9 Å². The number of hydrogen-bond donors (Lipinski definition) is 1. The number of benzene rings is 1. The predicted molar refractivity (Wildman–Crippen MR) is 98.2 cm³/mol. The summed E-state index contributed by atoms with van der Waals surface area (Å²) in [5.41, 5.74) is 1.87. The number of hydrogen-bond acceptors (Lipinski definition) is 6. The summed E-state index contributed by atoms with van der Waals surface area (Å²) in [6.07, 6.45) is 4.71. The Morgan fingerprint density at radius 2 is 1.92 bits per heavy atom. The molecule has 1 aromatic carbocycles. The fourth-order valence-electron chi connectivity index (χ4n) is 2.98. The normalized spacial score (nSPS) is 17.8. The number of nitrogens with zero attached hydrogens (tertiary/aromatic N) is 3. The van der Waals surface area contributed by atoms with Crippen LogP contribution in [0.2, 0.25) is 0 Å². The number of aromatic nitrogens is 2. The number of nitrogens with one attached hydrogen (secondary N) is 1. The third kappa shape index (κ3) is 4.01. The lowest BCUT2D eigenvalue weighted by Crippen LogP contribution is -2.45. The van der Waals surface area contributed by atoms with Crippen LogP contribution in [-0.4, -0.2) is 37.4 Å². The first-order valence-corrected chi connectivity index (χ1v) is 10.0. The average molecular weight is 374 g/mol. The first-order valence-electron chi connectivity index (χ1n) is 8.53. The van der Waals surface area contributed by atoms with Gasteiger partial charge in [-0.05, 0) is 56.0 Å². The van der Waals surface area contributed by atoms with Gasteiger partial charge in [-0.25, -0.2) is 23.1 Å². The minimum absolute atomic E-state index is 0.105. The molecule has 0 radical (unpaired) electrons. The number of sulfonamides is 1. The fourth-order valence-corrected chi connectivity index (χ4v) is 4.11. The summed E-state index contributed by atoms with van der Waals surface area (Å²) in [4.78, 5) is 23.0. The van der Waals surface area contributed by atoms with Crippen LogP contribution in [-0.2, 0) is 14.8 Å². The van der Waals surface area contributed by atoms with E-state index in [1.165, 1.54) is 6.07 Å². The van der Waals surface area contributed by atoms with Crippen LogP contribution < -0.4 is 9.62 Å². The average Bonchev–Trinajstić information content (AvgIpc) is 2.64. The molecule has 0 bridgehead atoms. The van der Waals surface area contributed by atoms with E-state index in [1.807, 2.05) is 18.7 Å². The molecule has 138 valence electrons. The molecular formula is C18H22N4O3S. The predicted octanol–water partition coefficient (Wildman–Crippen LogP) is 1.81. The van der Waals surface area contributed by atoms with Crippen molar-refractivity contribution in [2.24, 2.45) is 5.92 Å². The fraction of sp³-hybridized carbons (Fsp3) is 0.389. The zero-order valence-corrected chi connectivity index (χ0v) is 15.7. The lowest BCUT2D eigenvalue weighted by molar-refractivity contribution is -0.123. The maximum Gasteiger partial charge on any atom is 0.264 e. The Hall–Kier alpha value is -2.48. The highest BCUT2D eigenvalue weighted by Gasteiger charge is 2.30. The lowest BCUT2D eigenvalue weighted by Gasteiger charge is -2.31. The number of amides is 1. The second-order valence-electron chi connectivity index (χ2n) is 6.55. The monoisotopic (exact) mass is 374 g/mol. The largest absolute Gasteiger partial charge is 0.340 e. The van der Waals surface area contributed by atoms with Gasteiger partial charge in [0, 0.05) is 25.5 Å². The summed E-state index contributed by atoms with van der Waals surface area (Å²) in [6, 6.07) is 6.57. The number of anilines is 1. The van der Waals surface area contributed by atoms with E-state index in [2.05, 4.69) is 14.7 Å². The molecule has 8 heteroatoms. The lowest BCUT2D eigenvalue weighted by atomic mass is 9.98. The summed E-state index contributed by atoms with van der Waals surface area (Å²) in [6.45, 7) is 4.90. The molecule has 0 saturated carbocycles. The van der Waals surface area contributed by atoms with Crippen LogP contribution in [0.15, 0.2) is 41.6 Å². The van der Waals surface area contributed by atoms with Crippen molar-refractivity contribution in [2.75, 3.05) is 18.0 Å². The molecule has 1 saturated heterocycles. The minimum Gasteiger partial charge on any atom is -0.340 e. The second kappa shape index (κ2) is 7.41. The topological polar surface area (TPSA) is 92.3 Å². The molecule has 1 aromatic heterocycles. The highest BCUT2D eigenvalue weighted by atomic mass is 32.2. The van der Waals surface area contributed by atoms with Crippen LogP contribution in [0, 0.1) is 19.8 Å². The number of piperidine rings is 1. The smallest absolute Gasteiger partial charge is 0.264 e. The maximum atomic E-state index is 12.6. The van der Waals surface area contributed by atoms with Crippen LogP contribution in [0.4, 0.5) is 5.95 Å². The second-order valence-corrected chi connectivity index (χ2v) is 8.23. The molecule has 26 heavy (non-hydrogen) atoms. The van der Waals surface area contributed by atoms with Crippen LogP contribution in [0.25, 0.3) is 0 Å². The van der Waals surface area contributed by atoms with E-state index >= 15 is 0 Å². The van der Waals surface area contributed by atoms with Gasteiger partial charge in [0.05, 0.1) is 10.8 Å². The van der Waals surface area contributed by atoms with E-state index in [4.69, 9.17) is 0 Å². The van der Waals surface area contributed by atoms with Crippen molar-refractivity contribution in [1.29, 1.82) is 0 Å². The standard InChI is InChI=1S/C18H22N4O3S/c1-13-6-7-16(11-14(13)2)26(24,25)21-17(23)15-5-3-10-22(12-15)18-19-8-4-9-20-18/h4,6-9,11,15H,3,5,10,12H2,1-2H3,(H,21,23)/t15-/m0/s1. The highest BCUT2D eigenvalue weighted by Crippen LogP contribution is 2.21. The number of aryl methyl sites for hydroxylation is 2. The van der Waals surface area contributed by atoms with Crippen molar-refractivity contribution in [3.8, 4) is 0 Å². The molecule has 1 N–H and O–H groups in total. The molecule has 0 spiro atoms. The Morgan fingerprint density at radius 3 is 2.62 bits per heavy atom. The van der Waals surface area contributed by atoms with Gasteiger partial charge in [0.1, 0.15) is 0 Å². The molecule has 7 nitrogen and oxygen atoms in total. The van der Waals surface area contributed by atoms with E-state index in [-0.39, 0.29) is 4.90 Å². The van der Waals surface area contributed by atoms with Gasteiger partial charge >= 0.3 is 0 Å². The van der Waals surface area contributed by atoms with Gasteiger partial charge < -0.3 is 4.90 Å². The van der Waals surface area contributed by atoms with Crippen molar-refractivity contribution in [3.05, 3.63) is 47.8 Å². The molecular weight excluding hydrogens is 352 g/mol. The van der Waals surface area contributed by atoms with E-state index in [0.717, 1.165) is 24.1 Å². The van der Waals surface area contributed by atoms with Crippen LogP contribution in [0.1, 0.15) is 24.0 Å². The van der Waals surface area contributed by atoms with Gasteiger partial charge in [0.25, 0.3) is 10.0 Å². The van der Waals surface area contributed by atoms with Crippen LogP contribution in [0.5, 0.6) is 0 Å². The quantitative estimate of drug-likeness (QED) is 0.877. The van der Waals surface area contributed by atoms with Crippen molar-refractivity contribution >= 4 is 21.9 Å². The van der Waals surface area contributed by atoms with E-state index in [9.17, 15) is 13.2 Å². The first kappa shape index (κ1) is 18.3. The van der Waals surface area contributed by atoms with Gasteiger partial charge in [0.15, 0.2) is 0 Å². The molecule has 1 aliphatic rings. The molecule has 0 unspecified atom stereocenters. The van der Waals surface area contributed by atoms with Gasteiger partial charge in [-0.2, -0.15) is 0 Å². The molecule has 2 heterocycles. The van der Waals surface area contributed by atoms with Crippen molar-refractivity contribution < 1.29 is 13.2 Å². The molecule has 1 atom stereocenters. The van der Waals surface area contributed by atoms with Crippen molar-refractivity contribution in [1.82, 2.24) is 14.7 Å². The minimum atomic E-state index is -3.88. The summed E-state index contributed by atoms with van der Waals surface area (Å²) in [5.74, 6) is -0.347. The number of carbonyl (C=O) groups excluding carboxylic acids is 1. The Kier molecular flexibility index (Phi) is 5.22. The third-order valence-corrected chi connectivity index (χ3v) is 6.00. The van der Waals surface area contributed by atoms with Crippen molar-refractivity contribution in [2.45, 2.75) is 31.6 Å². The van der Waals surface area contributed by atoms with Gasteiger partial charge in [-0.1, -0.05) is 6.07 Å². The maximum absolute atomic E-state index is 12.6. The molecule has 2 aromatic rings. The summed E-state index contributed by atoms with van der Waals surface area (Å²) < 4.78 is 27.3. The first-order chi connectivity index (χ1) is 12.4. The Morgan fingerprint density at radius 1 is 1.19 bits per heavy atom. The molecule has 3 rings (SSSR count). The number of rotatable bonds is 4. The highest BCUT2D eigenvalue weighted by molar-refractivity contribution is 7.90. The molecule has 1 fully saturated rings. The molecule has 1 amide bonds. The Balaban J connectivity index is 1.71. The van der Waals surface area contributed by atoms with Gasteiger partial charge in [-0.15, -0.1) is 0 Å². The van der Waals surface area contributed by atoms with Crippen LogP contribution in [0.3, 0.4) is 0 Å². The zero-order valence-electron chi connectivity index (χ0n) is 14.8. The SMILES string of the molecule is Cc1ccc(S(=O)(=O)NC(=O)[C@H]2CCCN(c3ncccn3)C2)cc1C. The summed E-state index contributed by atoms with van der Waals surface area (Å²) in [7, 11) is -3.88. The number of carbonyl (C=O) groups is 1. The summed E-state index contributed by atoms with van der Waals surface area (Å²) >= 11 is 0.